The zero-order chi connectivity index (χ0) is 17.3. The zero-order valence-corrected chi connectivity index (χ0v) is 14.1. The third-order valence-electron chi connectivity index (χ3n) is 3.73. The lowest BCUT2D eigenvalue weighted by molar-refractivity contribution is -0.385. The van der Waals surface area contributed by atoms with Crippen molar-refractivity contribution in [3.05, 3.63) is 50.7 Å². The molecule has 10 heteroatoms. The Kier molecular flexibility index (Phi) is 4.54. The van der Waals surface area contributed by atoms with Crippen LogP contribution in [0, 0.1) is 10.1 Å². The van der Waals surface area contributed by atoms with E-state index in [0.29, 0.717) is 25.4 Å². The molecule has 1 aliphatic rings. The summed E-state index contributed by atoms with van der Waals surface area (Å²) in [5, 5.41) is 18.1. The SMILES string of the molecule is NS(=O)(=O)c1cc([N+](=O)[O-])ccc1N1CCOC(c2cccs2)C1. The zero-order valence-electron chi connectivity index (χ0n) is 12.5. The van der Waals surface area contributed by atoms with Gasteiger partial charge in [0.25, 0.3) is 5.69 Å². The Morgan fingerprint density at radius 3 is 2.79 bits per heavy atom. The Hall–Kier alpha value is -2.01. The summed E-state index contributed by atoms with van der Waals surface area (Å²) in [4.78, 5) is 12.9. The normalized spacial score (nSPS) is 18.5. The Morgan fingerprint density at radius 1 is 1.38 bits per heavy atom. The van der Waals surface area contributed by atoms with Gasteiger partial charge in [-0.2, -0.15) is 0 Å². The Bertz CT molecular complexity index is 851. The van der Waals surface area contributed by atoms with Gasteiger partial charge in [0, 0.05) is 30.1 Å². The molecule has 1 aromatic carbocycles. The molecular weight excluding hydrogens is 354 g/mol. The average molecular weight is 369 g/mol. The lowest BCUT2D eigenvalue weighted by Gasteiger charge is -2.34. The monoisotopic (exact) mass is 369 g/mol. The maximum Gasteiger partial charge on any atom is 0.270 e. The van der Waals surface area contributed by atoms with Crippen molar-refractivity contribution < 1.29 is 18.1 Å². The van der Waals surface area contributed by atoms with E-state index in [0.717, 1.165) is 10.9 Å². The number of non-ortho nitro benzene ring substituents is 1. The van der Waals surface area contributed by atoms with Gasteiger partial charge >= 0.3 is 0 Å². The highest BCUT2D eigenvalue weighted by Crippen LogP contribution is 2.33. The summed E-state index contributed by atoms with van der Waals surface area (Å²) in [5.41, 5.74) is 0.0406. The lowest BCUT2D eigenvalue weighted by atomic mass is 10.2. The summed E-state index contributed by atoms with van der Waals surface area (Å²) in [5.74, 6) is 0. The summed E-state index contributed by atoms with van der Waals surface area (Å²) < 4.78 is 29.5. The molecule has 0 amide bonds. The van der Waals surface area contributed by atoms with Crippen molar-refractivity contribution in [3.63, 3.8) is 0 Å². The van der Waals surface area contributed by atoms with Crippen LogP contribution in [0.3, 0.4) is 0 Å². The molecule has 0 saturated carbocycles. The van der Waals surface area contributed by atoms with Crippen LogP contribution in [-0.4, -0.2) is 33.0 Å². The van der Waals surface area contributed by atoms with Crippen molar-refractivity contribution in [3.8, 4) is 0 Å². The van der Waals surface area contributed by atoms with Crippen LogP contribution in [0.1, 0.15) is 11.0 Å². The van der Waals surface area contributed by atoms with Crippen LogP contribution in [-0.2, 0) is 14.8 Å². The molecule has 0 radical (unpaired) electrons. The molecule has 2 N–H and O–H groups in total. The molecule has 0 spiro atoms. The van der Waals surface area contributed by atoms with Gasteiger partial charge in [-0.15, -0.1) is 11.3 Å². The Morgan fingerprint density at radius 2 is 2.17 bits per heavy atom. The fourth-order valence-electron chi connectivity index (χ4n) is 2.62. The summed E-state index contributed by atoms with van der Waals surface area (Å²) >= 11 is 1.56. The second kappa shape index (κ2) is 6.48. The highest BCUT2D eigenvalue weighted by molar-refractivity contribution is 7.89. The molecule has 24 heavy (non-hydrogen) atoms. The summed E-state index contributed by atoms with van der Waals surface area (Å²) in [7, 11) is -4.09. The van der Waals surface area contributed by atoms with Gasteiger partial charge in [0.2, 0.25) is 10.0 Å². The highest BCUT2D eigenvalue weighted by atomic mass is 32.2. The molecule has 0 bridgehead atoms. The van der Waals surface area contributed by atoms with Crippen LogP contribution >= 0.6 is 11.3 Å². The number of primary sulfonamides is 1. The van der Waals surface area contributed by atoms with E-state index in [2.05, 4.69) is 0 Å². The number of nitro groups is 1. The number of nitro benzene ring substituents is 1. The molecule has 1 aromatic heterocycles. The summed E-state index contributed by atoms with van der Waals surface area (Å²) in [6, 6.07) is 7.58. The molecule has 1 aliphatic heterocycles. The van der Waals surface area contributed by atoms with Crippen LogP contribution in [0.4, 0.5) is 11.4 Å². The topological polar surface area (TPSA) is 116 Å². The van der Waals surface area contributed by atoms with Crippen LogP contribution in [0.15, 0.2) is 40.6 Å². The van der Waals surface area contributed by atoms with E-state index in [9.17, 15) is 18.5 Å². The Balaban J connectivity index is 1.97. The first-order valence-electron chi connectivity index (χ1n) is 7.07. The van der Waals surface area contributed by atoms with E-state index in [1.165, 1.54) is 12.1 Å². The predicted octanol–water partition coefficient (Wildman–Crippen LogP) is 1.88. The van der Waals surface area contributed by atoms with Gasteiger partial charge < -0.3 is 9.64 Å². The summed E-state index contributed by atoms with van der Waals surface area (Å²) in [6.07, 6.45) is -0.178. The van der Waals surface area contributed by atoms with Gasteiger partial charge in [-0.05, 0) is 17.5 Å². The van der Waals surface area contributed by atoms with Crippen molar-refractivity contribution in [1.29, 1.82) is 0 Å². The largest absolute Gasteiger partial charge is 0.369 e. The lowest BCUT2D eigenvalue weighted by Crippen LogP contribution is -2.39. The second-order valence-corrected chi connectivity index (χ2v) is 7.78. The molecule has 1 atom stereocenters. The number of ether oxygens (including phenoxy) is 1. The molecule has 1 saturated heterocycles. The van der Waals surface area contributed by atoms with Crippen LogP contribution < -0.4 is 10.0 Å². The van der Waals surface area contributed by atoms with Crippen molar-refractivity contribution in [2.75, 3.05) is 24.6 Å². The number of hydrogen-bond acceptors (Lipinski definition) is 7. The summed E-state index contributed by atoms with van der Waals surface area (Å²) in [6.45, 7) is 1.34. The van der Waals surface area contributed by atoms with Gasteiger partial charge in [0.1, 0.15) is 11.0 Å². The van der Waals surface area contributed by atoms with E-state index in [-0.39, 0.29) is 16.7 Å². The van der Waals surface area contributed by atoms with Gasteiger partial charge in [0.05, 0.1) is 17.2 Å². The van der Waals surface area contributed by atoms with Crippen LogP contribution in [0.2, 0.25) is 0 Å². The number of rotatable bonds is 4. The first-order valence-corrected chi connectivity index (χ1v) is 9.50. The molecule has 8 nitrogen and oxygen atoms in total. The number of morpholine rings is 1. The fourth-order valence-corrected chi connectivity index (χ4v) is 4.16. The molecule has 1 fully saturated rings. The Labute approximate surface area is 142 Å². The highest BCUT2D eigenvalue weighted by Gasteiger charge is 2.28. The van der Waals surface area contributed by atoms with E-state index in [4.69, 9.17) is 9.88 Å². The molecule has 0 aliphatic carbocycles. The third kappa shape index (κ3) is 3.41. The van der Waals surface area contributed by atoms with Crippen molar-refractivity contribution >= 4 is 32.7 Å². The van der Waals surface area contributed by atoms with Gasteiger partial charge in [0.15, 0.2) is 0 Å². The third-order valence-corrected chi connectivity index (χ3v) is 5.63. The van der Waals surface area contributed by atoms with Crippen molar-refractivity contribution in [2.45, 2.75) is 11.0 Å². The van der Waals surface area contributed by atoms with E-state index in [1.54, 1.807) is 11.3 Å². The van der Waals surface area contributed by atoms with Crippen molar-refractivity contribution in [2.24, 2.45) is 5.14 Å². The van der Waals surface area contributed by atoms with Crippen LogP contribution in [0.25, 0.3) is 0 Å². The minimum Gasteiger partial charge on any atom is -0.369 e. The number of thiophene rings is 1. The van der Waals surface area contributed by atoms with Crippen molar-refractivity contribution in [1.82, 2.24) is 0 Å². The molecule has 1 unspecified atom stereocenters. The van der Waals surface area contributed by atoms with Gasteiger partial charge in [-0.1, -0.05) is 6.07 Å². The molecule has 2 aromatic rings. The number of hydrogen-bond donors (Lipinski definition) is 1. The van der Waals surface area contributed by atoms with Gasteiger partial charge in [-0.25, -0.2) is 13.6 Å². The quantitative estimate of drug-likeness (QED) is 0.650. The number of benzene rings is 1. The first kappa shape index (κ1) is 16.8. The standard InChI is InChI=1S/C14H15N3O5S2/c15-24(20,21)14-8-10(17(18)19)3-4-11(14)16-5-6-22-12(9-16)13-2-1-7-23-13/h1-4,7-8,12H,5-6,9H2,(H2,15,20,21). The maximum absolute atomic E-state index is 11.9. The minimum atomic E-state index is -4.09. The molecule has 3 rings (SSSR count). The predicted molar refractivity (Wildman–Crippen MR) is 89.7 cm³/mol. The number of nitrogens with two attached hydrogens (primary N) is 1. The van der Waals surface area contributed by atoms with E-state index < -0.39 is 14.9 Å². The maximum atomic E-state index is 11.9. The van der Waals surface area contributed by atoms with Gasteiger partial charge in [-0.3, -0.25) is 10.1 Å². The fraction of sp³-hybridized carbons (Fsp3) is 0.286. The second-order valence-electron chi connectivity index (χ2n) is 5.28. The smallest absolute Gasteiger partial charge is 0.270 e. The molecule has 128 valence electrons. The molecule has 2 heterocycles. The minimum absolute atomic E-state index is 0.178. The molecular formula is C14H15N3O5S2. The first-order chi connectivity index (χ1) is 11.4. The van der Waals surface area contributed by atoms with Crippen LogP contribution in [0.5, 0.6) is 0 Å². The van der Waals surface area contributed by atoms with E-state index in [1.807, 2.05) is 22.4 Å². The number of nitrogens with zero attached hydrogens (tertiary/aromatic N) is 2. The van der Waals surface area contributed by atoms with E-state index >= 15 is 0 Å². The number of anilines is 1. The average Bonchev–Trinajstić information content (AvgIpc) is 3.08. The number of sulfonamides is 1.